The van der Waals surface area contributed by atoms with Gasteiger partial charge in [0.15, 0.2) is 11.3 Å². The molecule has 2 aliphatic rings. The molecule has 0 spiro atoms. The molecule has 0 amide bonds. The summed E-state index contributed by atoms with van der Waals surface area (Å²) in [5, 5.41) is 0.267. The molecule has 5 rings (SSSR count). The van der Waals surface area contributed by atoms with Crippen LogP contribution in [0.15, 0.2) is 24.7 Å². The molecule has 162 valence electrons. The molecule has 3 heterocycles. The zero-order valence-electron chi connectivity index (χ0n) is 17.8. The first-order valence-electron chi connectivity index (χ1n) is 11.0. The number of aromatic nitrogens is 4. The number of hydrogen-bond acceptors (Lipinski definition) is 4. The van der Waals surface area contributed by atoms with Crippen molar-refractivity contribution in [3.05, 3.63) is 30.4 Å². The Kier molecular flexibility index (Phi) is 5.11. The van der Waals surface area contributed by atoms with E-state index in [2.05, 4.69) is 44.9 Å². The van der Waals surface area contributed by atoms with E-state index < -0.39 is 9.71 Å². The number of fused-ring (bicyclic) bond motifs is 3. The molecular weight excluding hydrogens is 398 g/mol. The van der Waals surface area contributed by atoms with Gasteiger partial charge in [-0.15, -0.1) is 0 Å². The molecule has 2 aliphatic carbocycles. The molecule has 0 bridgehead atoms. The molecule has 0 aromatic carbocycles. The van der Waals surface area contributed by atoms with Gasteiger partial charge in [0.25, 0.3) is 0 Å². The van der Waals surface area contributed by atoms with Crippen LogP contribution in [0, 0.1) is 5.92 Å². The van der Waals surface area contributed by atoms with Gasteiger partial charge in [-0.2, -0.15) is 0 Å². The summed E-state index contributed by atoms with van der Waals surface area (Å²) < 4.78 is 26.3. The molecule has 3 aromatic heterocycles. The van der Waals surface area contributed by atoms with Gasteiger partial charge >= 0.3 is 0 Å². The fraction of sp³-hybridized carbons (Fsp3) is 0.591. The van der Waals surface area contributed by atoms with Crippen LogP contribution in [0.4, 0.5) is 0 Å². The Morgan fingerprint density at radius 2 is 2.13 bits per heavy atom. The molecule has 1 N–H and O–H groups in total. The lowest BCUT2D eigenvalue weighted by Crippen LogP contribution is -2.35. The Hall–Kier alpha value is -1.90. The van der Waals surface area contributed by atoms with E-state index in [-0.39, 0.29) is 11.3 Å². The maximum Gasteiger partial charge on any atom is 0.159 e. The minimum Gasteiger partial charge on any atom is -0.361 e. The minimum atomic E-state index is -2.17. The maximum absolute atomic E-state index is 12.8. The molecule has 2 fully saturated rings. The molecule has 0 radical (unpaired) electrons. The van der Waals surface area contributed by atoms with Crippen LogP contribution < -0.4 is 4.72 Å². The molecular formula is C22H31N5O2S. The highest BCUT2D eigenvalue weighted by molar-refractivity contribution is 7.99. The van der Waals surface area contributed by atoms with Crippen molar-refractivity contribution in [2.24, 2.45) is 5.92 Å². The van der Waals surface area contributed by atoms with Gasteiger partial charge in [0.1, 0.15) is 6.73 Å². The summed E-state index contributed by atoms with van der Waals surface area (Å²) in [5.74, 6) is 4.85. The fourth-order valence-electron chi connectivity index (χ4n) is 4.88. The quantitative estimate of drug-likeness (QED) is 0.440. The van der Waals surface area contributed by atoms with Gasteiger partial charge in [-0.25, -0.2) is 14.7 Å². The van der Waals surface area contributed by atoms with Crippen molar-refractivity contribution in [1.82, 2.24) is 23.7 Å². The van der Waals surface area contributed by atoms with E-state index in [1.165, 1.54) is 5.69 Å². The average Bonchev–Trinajstić information content (AvgIpc) is 3.24. The third-order valence-electron chi connectivity index (χ3n) is 6.54. The minimum absolute atomic E-state index is 0.241. The lowest BCUT2D eigenvalue weighted by Gasteiger charge is -2.17. The van der Waals surface area contributed by atoms with Gasteiger partial charge in [0.05, 0.1) is 11.7 Å². The molecule has 0 saturated heterocycles. The lowest BCUT2D eigenvalue weighted by molar-refractivity contribution is 0.0800. The second-order valence-corrected chi connectivity index (χ2v) is 11.3. The number of nitrogens with zero attached hydrogens (tertiary/aromatic N) is 4. The molecule has 8 heteroatoms. The SMILES string of the molecule is C=S(=O)(NC1CC(C)C(c2cnc3cnc4c(ccn4COCCC)n23)C1)C1CC1. The zero-order valence-corrected chi connectivity index (χ0v) is 18.6. The van der Waals surface area contributed by atoms with E-state index in [0.717, 1.165) is 55.5 Å². The highest BCUT2D eigenvalue weighted by atomic mass is 32.2. The molecule has 7 nitrogen and oxygen atoms in total. The van der Waals surface area contributed by atoms with Crippen LogP contribution in [0.1, 0.15) is 57.6 Å². The molecule has 4 unspecified atom stereocenters. The van der Waals surface area contributed by atoms with Crippen molar-refractivity contribution >= 4 is 32.4 Å². The summed E-state index contributed by atoms with van der Waals surface area (Å²) in [5.41, 5.74) is 4.05. The third-order valence-corrected chi connectivity index (χ3v) is 8.82. The largest absolute Gasteiger partial charge is 0.361 e. The van der Waals surface area contributed by atoms with Crippen molar-refractivity contribution in [2.45, 2.75) is 69.9 Å². The van der Waals surface area contributed by atoms with Gasteiger partial charge in [-0.3, -0.25) is 8.61 Å². The van der Waals surface area contributed by atoms with Crippen LogP contribution in [0.3, 0.4) is 0 Å². The summed E-state index contributed by atoms with van der Waals surface area (Å²) >= 11 is 0. The first-order valence-corrected chi connectivity index (χ1v) is 12.8. The summed E-state index contributed by atoms with van der Waals surface area (Å²) in [4.78, 5) is 9.28. The fourth-order valence-corrected chi connectivity index (χ4v) is 6.72. The van der Waals surface area contributed by atoms with Crippen LogP contribution in [-0.2, 0) is 21.2 Å². The summed E-state index contributed by atoms with van der Waals surface area (Å²) in [6.45, 7) is 5.64. The topological polar surface area (TPSA) is 73.5 Å². The van der Waals surface area contributed by atoms with Gasteiger partial charge in [-0.05, 0) is 50.0 Å². The Bertz CT molecular complexity index is 1160. The van der Waals surface area contributed by atoms with Crippen LogP contribution in [-0.4, -0.2) is 46.9 Å². The molecule has 4 atom stereocenters. The molecule has 3 aromatic rings. The third kappa shape index (κ3) is 3.55. The summed E-state index contributed by atoms with van der Waals surface area (Å²) in [7, 11) is -2.17. The van der Waals surface area contributed by atoms with Crippen LogP contribution in [0.25, 0.3) is 16.8 Å². The predicted molar refractivity (Wildman–Crippen MR) is 121 cm³/mol. The Balaban J connectivity index is 1.44. The molecule has 0 aliphatic heterocycles. The Morgan fingerprint density at radius 3 is 2.90 bits per heavy atom. The van der Waals surface area contributed by atoms with Crippen molar-refractivity contribution in [1.29, 1.82) is 0 Å². The van der Waals surface area contributed by atoms with E-state index in [0.29, 0.717) is 18.6 Å². The van der Waals surface area contributed by atoms with Crippen molar-refractivity contribution in [3.63, 3.8) is 0 Å². The second-order valence-electron chi connectivity index (χ2n) is 8.96. The van der Waals surface area contributed by atoms with Crippen LogP contribution in [0.2, 0.25) is 0 Å². The van der Waals surface area contributed by atoms with Crippen molar-refractivity contribution < 1.29 is 8.95 Å². The number of hydrogen-bond donors (Lipinski definition) is 1. The Morgan fingerprint density at radius 1 is 1.30 bits per heavy atom. The maximum atomic E-state index is 12.8. The molecule has 2 saturated carbocycles. The van der Waals surface area contributed by atoms with Crippen LogP contribution >= 0.6 is 0 Å². The van der Waals surface area contributed by atoms with Crippen molar-refractivity contribution in [2.75, 3.05) is 6.61 Å². The van der Waals surface area contributed by atoms with Gasteiger partial charge in [0.2, 0.25) is 0 Å². The number of nitrogens with one attached hydrogen (secondary N) is 1. The van der Waals surface area contributed by atoms with E-state index >= 15 is 0 Å². The van der Waals surface area contributed by atoms with Crippen molar-refractivity contribution in [3.8, 4) is 0 Å². The summed E-state index contributed by atoms with van der Waals surface area (Å²) in [6, 6.07) is 2.34. The molecule has 30 heavy (non-hydrogen) atoms. The second kappa shape index (κ2) is 7.66. The number of rotatable bonds is 8. The highest BCUT2D eigenvalue weighted by Gasteiger charge is 2.38. The van der Waals surface area contributed by atoms with Gasteiger partial charge in [-0.1, -0.05) is 13.8 Å². The number of imidazole rings is 1. The average molecular weight is 430 g/mol. The monoisotopic (exact) mass is 429 g/mol. The predicted octanol–water partition coefficient (Wildman–Crippen LogP) is 3.33. The smallest absolute Gasteiger partial charge is 0.159 e. The lowest BCUT2D eigenvalue weighted by atomic mass is 9.95. The van der Waals surface area contributed by atoms with Crippen LogP contribution in [0.5, 0.6) is 0 Å². The van der Waals surface area contributed by atoms with E-state index in [1.54, 1.807) is 0 Å². The van der Waals surface area contributed by atoms with E-state index in [4.69, 9.17) is 4.74 Å². The van der Waals surface area contributed by atoms with E-state index in [1.807, 2.05) is 23.2 Å². The van der Waals surface area contributed by atoms with Gasteiger partial charge in [0, 0.05) is 51.6 Å². The highest BCUT2D eigenvalue weighted by Crippen LogP contribution is 2.41. The first-order chi connectivity index (χ1) is 14.5. The number of ether oxygens (including phenoxy) is 1. The first kappa shape index (κ1) is 20.0. The zero-order chi connectivity index (χ0) is 20.9. The standard InChI is InChI=1S/C22H31N5O2S/c1-4-9-29-14-26-8-7-19-22(26)24-13-21-23-12-20(27(19)21)18-11-16(10-15(18)2)25-30(3,28)17-5-6-17/h7-8,12-13,15-18H,3-6,9-11,14H2,1-2H3,(H,25,28). The Labute approximate surface area is 178 Å². The normalized spacial score (nSPS) is 26.5. The van der Waals surface area contributed by atoms with Gasteiger partial charge < -0.3 is 9.30 Å². The summed E-state index contributed by atoms with van der Waals surface area (Å²) in [6.07, 6.45) is 10.9. The van der Waals surface area contributed by atoms with E-state index in [9.17, 15) is 4.21 Å².